The molecule has 10 nitrogen and oxygen atoms in total. The zero-order chi connectivity index (χ0) is 25.5. The number of hydrogen-bond acceptors (Lipinski definition) is 10. The molecule has 0 atom stereocenters. The first kappa shape index (κ1) is 26.7. The van der Waals surface area contributed by atoms with Gasteiger partial charge in [-0.25, -0.2) is 9.97 Å². The lowest BCUT2D eigenvalue weighted by molar-refractivity contribution is 0.122. The molecular formula is C24H36BClN6O4. The Morgan fingerprint density at radius 1 is 0.778 bits per heavy atom. The molecule has 6 N–H and O–H groups in total. The Kier molecular flexibility index (Phi) is 9.50. The number of ether oxygens (including phenoxy) is 2. The summed E-state index contributed by atoms with van der Waals surface area (Å²) < 4.78 is 10.6. The molecule has 2 aliphatic heterocycles. The second kappa shape index (κ2) is 12.8. The number of pyridine rings is 2. The summed E-state index contributed by atoms with van der Waals surface area (Å²) >= 11 is 5.89. The molecule has 2 saturated carbocycles. The van der Waals surface area contributed by atoms with Crippen molar-refractivity contribution in [1.29, 1.82) is 0 Å². The Bertz CT molecular complexity index is 963. The Labute approximate surface area is 217 Å². The van der Waals surface area contributed by atoms with Gasteiger partial charge < -0.3 is 40.8 Å². The first-order chi connectivity index (χ1) is 17.4. The van der Waals surface area contributed by atoms with Gasteiger partial charge in [-0.05, 0) is 54.4 Å². The van der Waals surface area contributed by atoms with Gasteiger partial charge in [0.1, 0.15) is 23.3 Å². The van der Waals surface area contributed by atoms with E-state index >= 15 is 0 Å². The van der Waals surface area contributed by atoms with Crippen LogP contribution in [0, 0.1) is 0 Å². The molecule has 4 heterocycles. The van der Waals surface area contributed by atoms with Crippen LogP contribution in [0.25, 0.3) is 0 Å². The summed E-state index contributed by atoms with van der Waals surface area (Å²) in [6.07, 6.45) is 4.59. The molecule has 0 radical (unpaired) electrons. The number of hydrogen-bond donors (Lipinski definition) is 4. The van der Waals surface area contributed by atoms with Crippen molar-refractivity contribution in [2.75, 3.05) is 73.9 Å². The molecule has 4 fully saturated rings. The van der Waals surface area contributed by atoms with Gasteiger partial charge in [0.2, 0.25) is 0 Å². The van der Waals surface area contributed by atoms with Crippen LogP contribution >= 0.6 is 11.6 Å². The fourth-order valence-electron chi connectivity index (χ4n) is 4.02. The third-order valence-corrected chi connectivity index (χ3v) is 6.63. The van der Waals surface area contributed by atoms with Gasteiger partial charge in [0.25, 0.3) is 0 Å². The summed E-state index contributed by atoms with van der Waals surface area (Å²) in [5.41, 5.74) is 12.8. The van der Waals surface area contributed by atoms with Crippen molar-refractivity contribution in [3.8, 4) is 0 Å². The highest BCUT2D eigenvalue weighted by molar-refractivity contribution is 6.44. The van der Waals surface area contributed by atoms with E-state index in [1.165, 1.54) is 18.4 Å². The van der Waals surface area contributed by atoms with Crippen LogP contribution in [0.3, 0.4) is 0 Å². The van der Waals surface area contributed by atoms with Gasteiger partial charge in [0, 0.05) is 31.2 Å². The van der Waals surface area contributed by atoms with Crippen LogP contribution < -0.4 is 21.3 Å². The van der Waals surface area contributed by atoms with E-state index in [1.54, 1.807) is 6.07 Å². The summed E-state index contributed by atoms with van der Waals surface area (Å²) in [7, 11) is -1.04. The molecule has 12 heteroatoms. The highest BCUT2D eigenvalue weighted by Gasteiger charge is 2.33. The molecule has 2 aromatic heterocycles. The quantitative estimate of drug-likeness (QED) is 0.444. The van der Waals surface area contributed by atoms with Crippen molar-refractivity contribution >= 4 is 42.0 Å². The lowest BCUT2D eigenvalue weighted by atomic mass is 9.84. The smallest absolute Gasteiger partial charge is 0.427 e. The zero-order valence-electron chi connectivity index (χ0n) is 20.6. The van der Waals surface area contributed by atoms with Gasteiger partial charge in [-0.3, -0.25) is 0 Å². The maximum Gasteiger partial charge on any atom is 0.454 e. The number of anilines is 4. The summed E-state index contributed by atoms with van der Waals surface area (Å²) in [6.45, 7) is 6.55. The number of nitrogens with two attached hydrogens (primary N) is 2. The third kappa shape index (κ3) is 8.38. The lowest BCUT2D eigenvalue weighted by Gasteiger charge is -2.28. The molecule has 2 saturated heterocycles. The minimum Gasteiger partial charge on any atom is -0.427 e. The molecule has 0 spiro atoms. The molecule has 4 aliphatic rings. The van der Waals surface area contributed by atoms with E-state index in [2.05, 4.69) is 25.8 Å². The van der Waals surface area contributed by atoms with Gasteiger partial charge in [0.15, 0.2) is 0 Å². The summed E-state index contributed by atoms with van der Waals surface area (Å²) in [5, 5.41) is 17.1. The highest BCUT2D eigenvalue weighted by atomic mass is 35.5. The molecule has 196 valence electrons. The van der Waals surface area contributed by atoms with Crippen LogP contribution in [-0.2, 0) is 9.47 Å². The standard InChI is InChI=1S/C12H17N3O.C9H12ClN3O.C3H7BO2/c13-11-7-10(9-1-2-9)8-12(14-11)15-3-5-16-6-4-15;10-7-5-8(11)12-9(6-7)13-1-3-14-4-2-13;5-4(6)3-1-2-3/h7-9H,1-6H2,(H2,13,14);5-6H,1-4H2,(H2,11,12);3,5-6H,1-2H2. The summed E-state index contributed by atoms with van der Waals surface area (Å²) in [4.78, 5) is 13.0. The number of rotatable bonds is 4. The maximum atomic E-state index is 8.25. The fraction of sp³-hybridized carbons (Fsp3) is 0.583. The number of morpholine rings is 2. The topological polar surface area (TPSA) is 143 Å². The Balaban J connectivity index is 0.000000139. The van der Waals surface area contributed by atoms with E-state index in [-0.39, 0.29) is 5.82 Å². The van der Waals surface area contributed by atoms with Crippen LogP contribution in [-0.4, -0.2) is 79.7 Å². The molecule has 2 aromatic rings. The SMILES string of the molecule is Nc1cc(C2CC2)cc(N2CCOCC2)n1.Nc1cc(Cl)cc(N2CCOCC2)n1.OB(O)C1CC1. The average molecular weight is 519 g/mol. The number of halogens is 1. The van der Waals surface area contributed by atoms with Crippen molar-refractivity contribution in [2.24, 2.45) is 0 Å². The molecule has 0 unspecified atom stereocenters. The molecule has 36 heavy (non-hydrogen) atoms. The van der Waals surface area contributed by atoms with E-state index < -0.39 is 7.12 Å². The average Bonchev–Trinajstić information content (AvgIpc) is 3.78. The van der Waals surface area contributed by atoms with Crippen molar-refractivity contribution < 1.29 is 19.5 Å². The van der Waals surface area contributed by atoms with E-state index in [1.807, 2.05) is 12.1 Å². The van der Waals surface area contributed by atoms with Gasteiger partial charge in [0.05, 0.1) is 26.4 Å². The maximum absolute atomic E-state index is 8.25. The van der Waals surface area contributed by atoms with Crippen molar-refractivity contribution in [3.63, 3.8) is 0 Å². The minimum atomic E-state index is -1.04. The van der Waals surface area contributed by atoms with Crippen LogP contribution in [0.5, 0.6) is 0 Å². The van der Waals surface area contributed by atoms with Crippen LogP contribution in [0.4, 0.5) is 23.3 Å². The fourth-order valence-corrected chi connectivity index (χ4v) is 4.23. The Morgan fingerprint density at radius 2 is 1.28 bits per heavy atom. The number of nitrogens with zero attached hydrogens (tertiary/aromatic N) is 4. The minimum absolute atomic E-state index is 0.213. The zero-order valence-corrected chi connectivity index (χ0v) is 21.3. The largest absolute Gasteiger partial charge is 0.454 e. The Hall–Kier alpha value is -2.31. The van der Waals surface area contributed by atoms with Crippen molar-refractivity contribution in [2.45, 2.75) is 37.4 Å². The van der Waals surface area contributed by atoms with E-state index in [0.717, 1.165) is 83.0 Å². The monoisotopic (exact) mass is 518 g/mol. The highest BCUT2D eigenvalue weighted by Crippen LogP contribution is 2.41. The second-order valence-corrected chi connectivity index (χ2v) is 9.91. The number of aromatic nitrogens is 2. The molecule has 6 rings (SSSR count). The van der Waals surface area contributed by atoms with Crippen LogP contribution in [0.2, 0.25) is 10.8 Å². The third-order valence-electron chi connectivity index (χ3n) is 6.41. The normalized spacial score (nSPS) is 19.5. The van der Waals surface area contributed by atoms with E-state index in [0.29, 0.717) is 16.7 Å². The van der Waals surface area contributed by atoms with Crippen molar-refractivity contribution in [3.05, 3.63) is 34.9 Å². The first-order valence-corrected chi connectivity index (χ1v) is 13.0. The van der Waals surface area contributed by atoms with E-state index in [9.17, 15) is 0 Å². The Morgan fingerprint density at radius 3 is 1.69 bits per heavy atom. The van der Waals surface area contributed by atoms with Crippen LogP contribution in [0.15, 0.2) is 24.3 Å². The number of nitrogen functional groups attached to an aromatic ring is 2. The van der Waals surface area contributed by atoms with Gasteiger partial charge in [-0.15, -0.1) is 0 Å². The summed E-state index contributed by atoms with van der Waals surface area (Å²) in [5.74, 6) is 3.89. The molecule has 2 aliphatic carbocycles. The predicted octanol–water partition coefficient (Wildman–Crippen LogP) is 2.15. The van der Waals surface area contributed by atoms with Crippen LogP contribution in [0.1, 0.15) is 37.2 Å². The second-order valence-electron chi connectivity index (χ2n) is 9.48. The molecular weight excluding hydrogens is 483 g/mol. The van der Waals surface area contributed by atoms with E-state index in [4.69, 9.17) is 42.6 Å². The molecule has 0 amide bonds. The van der Waals surface area contributed by atoms with Gasteiger partial charge in [-0.2, -0.15) is 0 Å². The lowest BCUT2D eigenvalue weighted by Crippen LogP contribution is -2.36. The predicted molar refractivity (Wildman–Crippen MR) is 144 cm³/mol. The van der Waals surface area contributed by atoms with Gasteiger partial charge in [-0.1, -0.05) is 24.4 Å². The summed E-state index contributed by atoms with van der Waals surface area (Å²) in [6, 6.07) is 7.68. The molecule has 0 bridgehead atoms. The van der Waals surface area contributed by atoms with Crippen molar-refractivity contribution in [1.82, 2.24) is 9.97 Å². The molecule has 0 aromatic carbocycles. The first-order valence-electron chi connectivity index (χ1n) is 12.6. The van der Waals surface area contributed by atoms with Gasteiger partial charge >= 0.3 is 7.12 Å².